The maximum atomic E-state index is 8.56. The molecule has 1 aromatic rings. The van der Waals surface area contributed by atoms with E-state index in [0.717, 1.165) is 18.5 Å². The van der Waals surface area contributed by atoms with Gasteiger partial charge in [-0.05, 0) is 30.9 Å². The Bertz CT molecular complexity index is 293. The third-order valence-corrected chi connectivity index (χ3v) is 1.93. The van der Waals surface area contributed by atoms with Gasteiger partial charge >= 0.3 is 0 Å². The standard InChI is InChI=1S/C11H14N2/c1-9(2)3-5-11-6-4-10(7-12)8-13-11/h4,6,8-9H,3,5H2,1-2H3. The van der Waals surface area contributed by atoms with Crippen molar-refractivity contribution in [2.24, 2.45) is 5.92 Å². The molecule has 13 heavy (non-hydrogen) atoms. The zero-order chi connectivity index (χ0) is 9.68. The quantitative estimate of drug-likeness (QED) is 0.706. The largest absolute Gasteiger partial charge is 0.260 e. The van der Waals surface area contributed by atoms with E-state index in [4.69, 9.17) is 5.26 Å². The van der Waals surface area contributed by atoms with Crippen LogP contribution in [0.2, 0.25) is 0 Å². The molecule has 0 radical (unpaired) electrons. The van der Waals surface area contributed by atoms with Crippen molar-refractivity contribution in [3.8, 4) is 6.07 Å². The number of aryl methyl sites for hydroxylation is 1. The molecule has 0 saturated heterocycles. The summed E-state index contributed by atoms with van der Waals surface area (Å²) in [6, 6.07) is 5.81. The number of hydrogen-bond acceptors (Lipinski definition) is 2. The molecule has 1 rings (SSSR count). The lowest BCUT2D eigenvalue weighted by atomic mass is 10.1. The van der Waals surface area contributed by atoms with E-state index < -0.39 is 0 Å². The van der Waals surface area contributed by atoms with Crippen molar-refractivity contribution in [2.45, 2.75) is 26.7 Å². The summed E-state index contributed by atoms with van der Waals surface area (Å²) in [5.74, 6) is 0.706. The lowest BCUT2D eigenvalue weighted by molar-refractivity contribution is 0.581. The summed E-state index contributed by atoms with van der Waals surface area (Å²) < 4.78 is 0. The Morgan fingerprint density at radius 2 is 2.23 bits per heavy atom. The summed E-state index contributed by atoms with van der Waals surface area (Å²) in [6.45, 7) is 4.40. The highest BCUT2D eigenvalue weighted by atomic mass is 14.7. The van der Waals surface area contributed by atoms with Crippen molar-refractivity contribution in [3.63, 3.8) is 0 Å². The molecule has 2 heteroatoms. The molecule has 1 aromatic heterocycles. The minimum atomic E-state index is 0.633. The van der Waals surface area contributed by atoms with Crippen LogP contribution in [-0.4, -0.2) is 4.98 Å². The highest BCUT2D eigenvalue weighted by molar-refractivity contribution is 5.26. The van der Waals surface area contributed by atoms with Crippen LogP contribution in [-0.2, 0) is 6.42 Å². The number of hydrogen-bond donors (Lipinski definition) is 0. The van der Waals surface area contributed by atoms with E-state index in [0.29, 0.717) is 11.5 Å². The van der Waals surface area contributed by atoms with Crippen LogP contribution in [0.15, 0.2) is 18.3 Å². The van der Waals surface area contributed by atoms with Crippen LogP contribution >= 0.6 is 0 Å². The molecule has 68 valence electrons. The van der Waals surface area contributed by atoms with Gasteiger partial charge < -0.3 is 0 Å². The first-order valence-electron chi connectivity index (χ1n) is 4.57. The second kappa shape index (κ2) is 4.61. The number of rotatable bonds is 3. The third-order valence-electron chi connectivity index (χ3n) is 1.93. The van der Waals surface area contributed by atoms with E-state index in [1.807, 2.05) is 12.1 Å². The van der Waals surface area contributed by atoms with Crippen molar-refractivity contribution >= 4 is 0 Å². The average molecular weight is 174 g/mol. The molecule has 1 heterocycles. The average Bonchev–Trinajstić information content (AvgIpc) is 2.15. The maximum Gasteiger partial charge on any atom is 0.101 e. The van der Waals surface area contributed by atoms with Gasteiger partial charge in [-0.3, -0.25) is 4.98 Å². The second-order valence-electron chi connectivity index (χ2n) is 3.58. The van der Waals surface area contributed by atoms with E-state index in [1.165, 1.54) is 0 Å². The fourth-order valence-corrected chi connectivity index (χ4v) is 1.08. The monoisotopic (exact) mass is 174 g/mol. The summed E-state index contributed by atoms with van der Waals surface area (Å²) in [6.07, 6.45) is 3.79. The number of pyridine rings is 1. The Balaban J connectivity index is 2.55. The Labute approximate surface area is 79.2 Å². The van der Waals surface area contributed by atoms with Gasteiger partial charge in [-0.2, -0.15) is 5.26 Å². The molecule has 0 spiro atoms. The maximum absolute atomic E-state index is 8.56. The predicted octanol–water partition coefficient (Wildman–Crippen LogP) is 2.54. The van der Waals surface area contributed by atoms with Crippen molar-refractivity contribution in [1.29, 1.82) is 5.26 Å². The first kappa shape index (κ1) is 9.73. The van der Waals surface area contributed by atoms with Gasteiger partial charge in [-0.25, -0.2) is 0 Å². The van der Waals surface area contributed by atoms with E-state index in [-0.39, 0.29) is 0 Å². The van der Waals surface area contributed by atoms with Crippen molar-refractivity contribution < 1.29 is 0 Å². The molecule has 0 atom stereocenters. The zero-order valence-electron chi connectivity index (χ0n) is 8.12. The lowest BCUT2D eigenvalue weighted by Gasteiger charge is -2.03. The van der Waals surface area contributed by atoms with Crippen LogP contribution in [0.5, 0.6) is 0 Å². The smallest absolute Gasteiger partial charge is 0.101 e. The summed E-state index contributed by atoms with van der Waals surface area (Å²) in [5.41, 5.74) is 1.71. The van der Waals surface area contributed by atoms with Crippen LogP contribution in [0.3, 0.4) is 0 Å². The highest BCUT2D eigenvalue weighted by Crippen LogP contribution is 2.07. The van der Waals surface area contributed by atoms with Crippen LogP contribution in [0, 0.1) is 17.2 Å². The minimum absolute atomic E-state index is 0.633. The SMILES string of the molecule is CC(C)CCc1ccc(C#N)cn1. The molecule has 0 aliphatic rings. The Kier molecular flexibility index (Phi) is 3.45. The van der Waals surface area contributed by atoms with Crippen LogP contribution < -0.4 is 0 Å². The van der Waals surface area contributed by atoms with Crippen LogP contribution in [0.4, 0.5) is 0 Å². The fraction of sp³-hybridized carbons (Fsp3) is 0.455. The van der Waals surface area contributed by atoms with Gasteiger partial charge in [0.15, 0.2) is 0 Å². The molecule has 2 nitrogen and oxygen atoms in total. The van der Waals surface area contributed by atoms with Gasteiger partial charge in [0, 0.05) is 11.9 Å². The van der Waals surface area contributed by atoms with E-state index in [2.05, 4.69) is 24.9 Å². The number of nitriles is 1. The van der Waals surface area contributed by atoms with E-state index >= 15 is 0 Å². The first-order valence-corrected chi connectivity index (χ1v) is 4.57. The molecule has 0 amide bonds. The van der Waals surface area contributed by atoms with Crippen LogP contribution in [0.1, 0.15) is 31.5 Å². The fourth-order valence-electron chi connectivity index (χ4n) is 1.08. The van der Waals surface area contributed by atoms with Gasteiger partial charge in [0.25, 0.3) is 0 Å². The highest BCUT2D eigenvalue weighted by Gasteiger charge is 1.98. The number of nitrogens with zero attached hydrogens (tertiary/aromatic N) is 2. The van der Waals surface area contributed by atoms with Gasteiger partial charge in [-0.15, -0.1) is 0 Å². The molecule has 0 aliphatic heterocycles. The molecule has 0 unspecified atom stereocenters. The van der Waals surface area contributed by atoms with E-state index in [1.54, 1.807) is 6.20 Å². The topological polar surface area (TPSA) is 36.7 Å². The van der Waals surface area contributed by atoms with Crippen molar-refractivity contribution in [2.75, 3.05) is 0 Å². The molecule has 0 N–H and O–H groups in total. The summed E-state index contributed by atoms with van der Waals surface area (Å²) in [7, 11) is 0. The predicted molar refractivity (Wildman–Crippen MR) is 52.1 cm³/mol. The molecular formula is C11H14N2. The molecule has 0 fully saturated rings. The summed E-state index contributed by atoms with van der Waals surface area (Å²) in [4.78, 5) is 4.20. The first-order chi connectivity index (χ1) is 6.22. The molecule has 0 aliphatic carbocycles. The molecule has 0 saturated carbocycles. The van der Waals surface area contributed by atoms with E-state index in [9.17, 15) is 0 Å². The van der Waals surface area contributed by atoms with Crippen molar-refractivity contribution in [1.82, 2.24) is 4.98 Å². The molecule has 0 aromatic carbocycles. The lowest BCUT2D eigenvalue weighted by Crippen LogP contribution is -1.94. The Morgan fingerprint density at radius 1 is 1.46 bits per heavy atom. The second-order valence-corrected chi connectivity index (χ2v) is 3.58. The summed E-state index contributed by atoms with van der Waals surface area (Å²) >= 11 is 0. The molecular weight excluding hydrogens is 160 g/mol. The minimum Gasteiger partial charge on any atom is -0.260 e. The van der Waals surface area contributed by atoms with Gasteiger partial charge in [0.2, 0.25) is 0 Å². The summed E-state index contributed by atoms with van der Waals surface area (Å²) in [5, 5.41) is 8.56. The van der Waals surface area contributed by atoms with Gasteiger partial charge in [0.05, 0.1) is 5.56 Å². The Hall–Kier alpha value is -1.36. The van der Waals surface area contributed by atoms with Crippen LogP contribution in [0.25, 0.3) is 0 Å². The Morgan fingerprint density at radius 3 is 2.69 bits per heavy atom. The van der Waals surface area contributed by atoms with Crippen molar-refractivity contribution in [3.05, 3.63) is 29.6 Å². The zero-order valence-corrected chi connectivity index (χ0v) is 8.12. The molecule has 0 bridgehead atoms. The third kappa shape index (κ3) is 3.25. The van der Waals surface area contributed by atoms with Gasteiger partial charge in [-0.1, -0.05) is 13.8 Å². The van der Waals surface area contributed by atoms with Gasteiger partial charge in [0.1, 0.15) is 6.07 Å². The number of aromatic nitrogens is 1. The normalized spacial score (nSPS) is 10.0.